The average Bonchev–Trinajstić information content (AvgIpc) is 2.87. The van der Waals surface area contributed by atoms with Crippen LogP contribution in [0.5, 0.6) is 0 Å². The van der Waals surface area contributed by atoms with Gasteiger partial charge in [0.2, 0.25) is 0 Å². The molecule has 1 aromatic heterocycles. The highest BCUT2D eigenvalue weighted by Gasteiger charge is 2.44. The molecule has 0 spiro atoms. The van der Waals surface area contributed by atoms with Crippen molar-refractivity contribution in [3.8, 4) is 0 Å². The van der Waals surface area contributed by atoms with E-state index in [-0.39, 0.29) is 6.54 Å². The third-order valence-electron chi connectivity index (χ3n) is 3.18. The van der Waals surface area contributed by atoms with Crippen molar-refractivity contribution in [2.24, 2.45) is 0 Å². The van der Waals surface area contributed by atoms with Gasteiger partial charge in [0.05, 0.1) is 13.2 Å². The summed E-state index contributed by atoms with van der Waals surface area (Å²) in [5.74, 6) is 0. The standard InChI is InChI=1S/C12H17NO4S/c1-2-17-11(15)13-6-5-12(16,9(14)8-13)10-4-3-7-18-10/h3-4,7,9,14,16H,2,5-6,8H2,1H3/t9-,12-/m0/s1. The highest BCUT2D eigenvalue weighted by Crippen LogP contribution is 2.35. The molecular weight excluding hydrogens is 254 g/mol. The van der Waals surface area contributed by atoms with Crippen LogP contribution in [0, 0.1) is 0 Å². The van der Waals surface area contributed by atoms with Crippen LogP contribution < -0.4 is 0 Å². The monoisotopic (exact) mass is 271 g/mol. The third-order valence-corrected chi connectivity index (χ3v) is 4.22. The van der Waals surface area contributed by atoms with Gasteiger partial charge in [0.1, 0.15) is 11.7 Å². The van der Waals surface area contributed by atoms with Crippen LogP contribution in [0.3, 0.4) is 0 Å². The van der Waals surface area contributed by atoms with Gasteiger partial charge in [-0.15, -0.1) is 11.3 Å². The van der Waals surface area contributed by atoms with Gasteiger partial charge in [-0.25, -0.2) is 4.79 Å². The van der Waals surface area contributed by atoms with Crippen LogP contribution in [0.4, 0.5) is 4.79 Å². The van der Waals surface area contributed by atoms with Crippen LogP contribution in [0.1, 0.15) is 18.2 Å². The van der Waals surface area contributed by atoms with Gasteiger partial charge in [0.15, 0.2) is 0 Å². The minimum atomic E-state index is -1.25. The number of β-amino-alcohol motifs (C(OH)–C–C–N with tert-alkyl or cyclic N) is 1. The Morgan fingerprint density at radius 1 is 1.72 bits per heavy atom. The number of rotatable bonds is 2. The van der Waals surface area contributed by atoms with Crippen LogP contribution in [0.2, 0.25) is 0 Å². The number of carbonyl (C=O) groups excluding carboxylic acids is 1. The highest BCUT2D eigenvalue weighted by atomic mass is 32.1. The lowest BCUT2D eigenvalue weighted by Crippen LogP contribution is -2.54. The maximum absolute atomic E-state index is 11.6. The van der Waals surface area contributed by atoms with Crippen molar-refractivity contribution in [2.75, 3.05) is 19.7 Å². The zero-order chi connectivity index (χ0) is 13.2. The number of aliphatic hydroxyl groups excluding tert-OH is 1. The van der Waals surface area contributed by atoms with Crippen molar-refractivity contribution in [1.82, 2.24) is 4.90 Å². The highest BCUT2D eigenvalue weighted by molar-refractivity contribution is 7.10. The fourth-order valence-electron chi connectivity index (χ4n) is 2.12. The molecule has 2 heterocycles. The number of hydrogen-bond acceptors (Lipinski definition) is 5. The summed E-state index contributed by atoms with van der Waals surface area (Å²) >= 11 is 1.41. The number of nitrogens with zero attached hydrogens (tertiary/aromatic N) is 1. The number of amides is 1. The molecule has 1 aliphatic heterocycles. The van der Waals surface area contributed by atoms with Crippen molar-refractivity contribution < 1.29 is 19.7 Å². The Morgan fingerprint density at radius 3 is 3.06 bits per heavy atom. The van der Waals surface area contributed by atoms with Gasteiger partial charge in [-0.1, -0.05) is 6.07 Å². The number of ether oxygens (including phenoxy) is 1. The Bertz CT molecular complexity index is 408. The number of piperidine rings is 1. The summed E-state index contributed by atoms with van der Waals surface area (Å²) in [5, 5.41) is 22.5. The maximum atomic E-state index is 11.6. The fraction of sp³-hybridized carbons (Fsp3) is 0.583. The van der Waals surface area contributed by atoms with E-state index in [0.29, 0.717) is 19.6 Å². The molecule has 0 radical (unpaired) electrons. The second kappa shape index (κ2) is 5.26. The topological polar surface area (TPSA) is 70.0 Å². The van der Waals surface area contributed by atoms with Crippen LogP contribution in [-0.4, -0.2) is 47.0 Å². The molecule has 2 N–H and O–H groups in total. The van der Waals surface area contributed by atoms with E-state index in [1.54, 1.807) is 13.0 Å². The third kappa shape index (κ3) is 2.36. The summed E-state index contributed by atoms with van der Waals surface area (Å²) in [6.45, 7) is 2.51. The van der Waals surface area contributed by atoms with E-state index >= 15 is 0 Å². The molecule has 18 heavy (non-hydrogen) atoms. The van der Waals surface area contributed by atoms with Gasteiger partial charge in [-0.05, 0) is 18.4 Å². The van der Waals surface area contributed by atoms with Crippen LogP contribution in [-0.2, 0) is 10.3 Å². The molecule has 0 aromatic carbocycles. The molecule has 0 unspecified atom stereocenters. The lowest BCUT2D eigenvalue weighted by Gasteiger charge is -2.41. The summed E-state index contributed by atoms with van der Waals surface area (Å²) in [6.07, 6.45) is -1.12. The first kappa shape index (κ1) is 13.3. The molecule has 2 atom stereocenters. The smallest absolute Gasteiger partial charge is 0.409 e. The Kier molecular flexibility index (Phi) is 3.89. The van der Waals surface area contributed by atoms with E-state index in [0.717, 1.165) is 4.88 Å². The lowest BCUT2D eigenvalue weighted by atomic mass is 9.87. The summed E-state index contributed by atoms with van der Waals surface area (Å²) < 4.78 is 4.89. The molecular formula is C12H17NO4S. The first-order valence-corrected chi connectivity index (χ1v) is 6.82. The van der Waals surface area contributed by atoms with Gasteiger partial charge < -0.3 is 19.8 Å². The van der Waals surface area contributed by atoms with Crippen molar-refractivity contribution in [3.05, 3.63) is 22.4 Å². The first-order chi connectivity index (χ1) is 8.58. The average molecular weight is 271 g/mol. The molecule has 1 aromatic rings. The summed E-state index contributed by atoms with van der Waals surface area (Å²) in [7, 11) is 0. The van der Waals surface area contributed by atoms with Crippen LogP contribution in [0.25, 0.3) is 0 Å². The molecule has 2 rings (SSSR count). The molecule has 5 nitrogen and oxygen atoms in total. The van der Waals surface area contributed by atoms with Crippen molar-refractivity contribution in [2.45, 2.75) is 25.0 Å². The Balaban J connectivity index is 2.07. The molecule has 0 saturated carbocycles. The molecule has 1 amide bonds. The van der Waals surface area contributed by atoms with Crippen molar-refractivity contribution in [1.29, 1.82) is 0 Å². The SMILES string of the molecule is CCOC(=O)N1CC[C@@](O)(c2cccs2)[C@@H](O)C1. The summed E-state index contributed by atoms with van der Waals surface area (Å²) in [4.78, 5) is 13.7. The van der Waals surface area contributed by atoms with Gasteiger partial charge in [-0.3, -0.25) is 0 Å². The Morgan fingerprint density at radius 2 is 2.50 bits per heavy atom. The van der Waals surface area contributed by atoms with Crippen LogP contribution >= 0.6 is 11.3 Å². The quantitative estimate of drug-likeness (QED) is 0.847. The van der Waals surface area contributed by atoms with E-state index in [9.17, 15) is 15.0 Å². The van der Waals surface area contributed by atoms with Gasteiger partial charge in [0, 0.05) is 17.8 Å². The molecule has 1 aliphatic rings. The summed E-state index contributed by atoms with van der Waals surface area (Å²) in [6, 6.07) is 3.64. The minimum Gasteiger partial charge on any atom is -0.450 e. The van der Waals surface area contributed by atoms with E-state index in [2.05, 4.69) is 0 Å². The second-order valence-corrected chi connectivity index (χ2v) is 5.26. The van der Waals surface area contributed by atoms with Crippen molar-refractivity contribution in [3.63, 3.8) is 0 Å². The van der Waals surface area contributed by atoms with E-state index in [1.807, 2.05) is 11.4 Å². The number of likely N-dealkylation sites (tertiary alicyclic amines) is 1. The zero-order valence-corrected chi connectivity index (χ0v) is 11.0. The predicted octanol–water partition coefficient (Wildman–Crippen LogP) is 1.16. The van der Waals surface area contributed by atoms with Crippen molar-refractivity contribution >= 4 is 17.4 Å². The number of carbonyl (C=O) groups is 1. The Labute approximate surface area is 110 Å². The lowest BCUT2D eigenvalue weighted by molar-refractivity contribution is -0.118. The molecule has 0 bridgehead atoms. The van der Waals surface area contributed by atoms with E-state index in [4.69, 9.17) is 4.74 Å². The van der Waals surface area contributed by atoms with E-state index in [1.165, 1.54) is 16.2 Å². The van der Waals surface area contributed by atoms with Gasteiger partial charge in [0.25, 0.3) is 0 Å². The normalized spacial score (nSPS) is 28.2. The molecule has 1 fully saturated rings. The molecule has 100 valence electrons. The largest absolute Gasteiger partial charge is 0.450 e. The van der Waals surface area contributed by atoms with E-state index < -0.39 is 17.8 Å². The van der Waals surface area contributed by atoms with Crippen LogP contribution in [0.15, 0.2) is 17.5 Å². The number of hydrogen-bond donors (Lipinski definition) is 2. The first-order valence-electron chi connectivity index (χ1n) is 5.94. The summed E-state index contributed by atoms with van der Waals surface area (Å²) in [5.41, 5.74) is -1.25. The minimum absolute atomic E-state index is 0.0905. The molecule has 1 saturated heterocycles. The number of aliphatic hydroxyl groups is 2. The molecule has 6 heteroatoms. The van der Waals surface area contributed by atoms with Gasteiger partial charge in [-0.2, -0.15) is 0 Å². The van der Waals surface area contributed by atoms with Gasteiger partial charge >= 0.3 is 6.09 Å². The fourth-order valence-corrected chi connectivity index (χ4v) is 3.02. The maximum Gasteiger partial charge on any atom is 0.409 e. The zero-order valence-electron chi connectivity index (χ0n) is 10.2. The molecule has 0 aliphatic carbocycles. The Hall–Kier alpha value is -1.11. The second-order valence-electron chi connectivity index (χ2n) is 4.31. The number of thiophene rings is 1. The predicted molar refractivity (Wildman–Crippen MR) is 67.4 cm³/mol.